The van der Waals surface area contributed by atoms with Crippen LogP contribution >= 0.6 is 11.6 Å². The lowest BCUT2D eigenvalue weighted by Gasteiger charge is -2.24. The van der Waals surface area contributed by atoms with Crippen LogP contribution in [0.4, 0.5) is 0 Å². The summed E-state index contributed by atoms with van der Waals surface area (Å²) in [6, 6.07) is 8.02. The van der Waals surface area contributed by atoms with Crippen molar-refractivity contribution in [2.75, 3.05) is 19.7 Å². The molecule has 0 aliphatic rings. The van der Waals surface area contributed by atoms with Gasteiger partial charge in [0.25, 0.3) is 0 Å². The number of halogens is 1. The number of aliphatic hydroxyl groups is 2. The van der Waals surface area contributed by atoms with Crippen LogP contribution in [0, 0.1) is 0 Å². The van der Waals surface area contributed by atoms with Gasteiger partial charge in [0, 0.05) is 24.2 Å². The predicted octanol–water partition coefficient (Wildman–Crippen LogP) is 1.53. The van der Waals surface area contributed by atoms with Crippen LogP contribution in [0.3, 0.4) is 0 Å². The summed E-state index contributed by atoms with van der Waals surface area (Å²) in [6.07, 6.45) is 0.201. The van der Waals surface area contributed by atoms with Gasteiger partial charge in [0.1, 0.15) is 12.0 Å². The molecule has 1 atom stereocenters. The van der Waals surface area contributed by atoms with Gasteiger partial charge in [0.2, 0.25) is 5.43 Å². The summed E-state index contributed by atoms with van der Waals surface area (Å²) in [7, 11) is 0. The maximum absolute atomic E-state index is 11.4. The molecule has 0 bridgehead atoms. The fourth-order valence-corrected chi connectivity index (χ4v) is 2.28. The van der Waals surface area contributed by atoms with E-state index in [1.165, 1.54) is 6.07 Å². The molecule has 6 nitrogen and oxygen atoms in total. The fraction of sp³-hybridized carbons (Fsp3) is 0.312. The van der Waals surface area contributed by atoms with E-state index in [0.29, 0.717) is 22.9 Å². The molecular weight excluding hydrogens is 322 g/mol. The normalized spacial score (nSPS) is 12.5. The second kappa shape index (κ2) is 8.12. The molecule has 2 aromatic rings. The Balaban J connectivity index is 2.06. The highest BCUT2D eigenvalue weighted by molar-refractivity contribution is 6.30. The highest BCUT2D eigenvalue weighted by Crippen LogP contribution is 2.18. The molecule has 7 heteroatoms. The van der Waals surface area contributed by atoms with Crippen LogP contribution in [0.5, 0.6) is 5.75 Å². The first-order valence-electron chi connectivity index (χ1n) is 7.07. The van der Waals surface area contributed by atoms with Crippen molar-refractivity contribution in [3.8, 4) is 5.75 Å². The van der Waals surface area contributed by atoms with Crippen molar-refractivity contribution in [1.29, 1.82) is 0 Å². The summed E-state index contributed by atoms with van der Waals surface area (Å²) in [5.74, 6) is -0.117. The van der Waals surface area contributed by atoms with Gasteiger partial charge in [0.05, 0.1) is 19.3 Å². The lowest BCUT2D eigenvalue weighted by atomic mass is 10.1. The molecular formula is C16H18ClNO5. The summed E-state index contributed by atoms with van der Waals surface area (Å²) in [6.45, 7) is 0.665. The zero-order valence-electron chi connectivity index (χ0n) is 12.4. The van der Waals surface area contributed by atoms with E-state index < -0.39 is 17.3 Å². The second-order valence-corrected chi connectivity index (χ2v) is 5.56. The van der Waals surface area contributed by atoms with Gasteiger partial charge in [-0.05, 0) is 17.7 Å². The SMILES string of the molecule is O=c1cc(CN(CCO)CC(O)c2ccc(Cl)cc2)occ1O. The Morgan fingerprint density at radius 1 is 1.26 bits per heavy atom. The average Bonchev–Trinajstić information content (AvgIpc) is 2.52. The summed E-state index contributed by atoms with van der Waals surface area (Å²) in [5, 5.41) is 29.2. The monoisotopic (exact) mass is 339 g/mol. The summed E-state index contributed by atoms with van der Waals surface area (Å²) < 4.78 is 5.15. The second-order valence-electron chi connectivity index (χ2n) is 5.12. The first-order valence-corrected chi connectivity index (χ1v) is 7.45. The first-order chi connectivity index (χ1) is 11.0. The van der Waals surface area contributed by atoms with Gasteiger partial charge in [0.15, 0.2) is 5.75 Å². The number of hydrogen-bond acceptors (Lipinski definition) is 6. The predicted molar refractivity (Wildman–Crippen MR) is 85.4 cm³/mol. The summed E-state index contributed by atoms with van der Waals surface area (Å²) >= 11 is 5.82. The van der Waals surface area contributed by atoms with Gasteiger partial charge >= 0.3 is 0 Å². The smallest absolute Gasteiger partial charge is 0.226 e. The molecule has 124 valence electrons. The van der Waals surface area contributed by atoms with Crippen molar-refractivity contribution in [1.82, 2.24) is 4.90 Å². The van der Waals surface area contributed by atoms with Gasteiger partial charge in [-0.2, -0.15) is 0 Å². The van der Waals surface area contributed by atoms with Crippen molar-refractivity contribution in [3.63, 3.8) is 0 Å². The molecule has 0 aliphatic carbocycles. The third kappa shape index (κ3) is 5.07. The minimum absolute atomic E-state index is 0.102. The maximum atomic E-state index is 11.4. The maximum Gasteiger partial charge on any atom is 0.226 e. The van der Waals surface area contributed by atoms with Gasteiger partial charge in [-0.1, -0.05) is 23.7 Å². The molecule has 0 saturated carbocycles. The molecule has 0 saturated heterocycles. The quantitative estimate of drug-likeness (QED) is 0.708. The third-order valence-electron chi connectivity index (χ3n) is 3.35. The highest BCUT2D eigenvalue weighted by atomic mass is 35.5. The van der Waals surface area contributed by atoms with Crippen molar-refractivity contribution in [2.45, 2.75) is 12.6 Å². The molecule has 2 rings (SSSR count). The van der Waals surface area contributed by atoms with Gasteiger partial charge in [-0.3, -0.25) is 9.69 Å². The Labute approximate surface area is 138 Å². The van der Waals surface area contributed by atoms with Crippen LogP contribution in [0.1, 0.15) is 17.4 Å². The zero-order valence-corrected chi connectivity index (χ0v) is 13.1. The minimum Gasteiger partial charge on any atom is -0.502 e. The standard InChI is InChI=1S/C16H18ClNO5/c17-12-3-1-11(2-4-12)15(21)9-18(5-6-19)8-13-7-14(20)16(22)10-23-13/h1-4,7,10,15,19,21-22H,5-6,8-9H2. The van der Waals surface area contributed by atoms with Gasteiger partial charge in [-0.25, -0.2) is 0 Å². The number of benzene rings is 1. The van der Waals surface area contributed by atoms with Crippen molar-refractivity contribution in [3.05, 3.63) is 63.2 Å². The van der Waals surface area contributed by atoms with E-state index in [2.05, 4.69) is 0 Å². The lowest BCUT2D eigenvalue weighted by molar-refractivity contribution is 0.0910. The Hall–Kier alpha value is -1.86. The van der Waals surface area contributed by atoms with Crippen LogP contribution < -0.4 is 5.43 Å². The van der Waals surface area contributed by atoms with E-state index in [9.17, 15) is 15.0 Å². The first kappa shape index (κ1) is 17.5. The molecule has 23 heavy (non-hydrogen) atoms. The summed E-state index contributed by atoms with van der Waals surface area (Å²) in [5.41, 5.74) is 0.165. The average molecular weight is 340 g/mol. The molecule has 3 N–H and O–H groups in total. The van der Waals surface area contributed by atoms with Crippen LogP contribution in [-0.4, -0.2) is 39.9 Å². The van der Waals surface area contributed by atoms with E-state index >= 15 is 0 Å². The zero-order chi connectivity index (χ0) is 16.8. The third-order valence-corrected chi connectivity index (χ3v) is 3.60. The molecule has 0 fully saturated rings. The molecule has 0 aliphatic heterocycles. The minimum atomic E-state index is -0.775. The van der Waals surface area contributed by atoms with Crippen molar-refractivity contribution in [2.24, 2.45) is 0 Å². The fourth-order valence-electron chi connectivity index (χ4n) is 2.16. The van der Waals surface area contributed by atoms with Gasteiger partial charge in [-0.15, -0.1) is 0 Å². The van der Waals surface area contributed by atoms with Crippen LogP contribution in [-0.2, 0) is 6.54 Å². The number of rotatable bonds is 7. The Morgan fingerprint density at radius 3 is 2.57 bits per heavy atom. The largest absolute Gasteiger partial charge is 0.502 e. The van der Waals surface area contributed by atoms with E-state index in [-0.39, 0.29) is 19.7 Å². The molecule has 0 radical (unpaired) electrons. The Kier molecular flexibility index (Phi) is 6.18. The van der Waals surface area contributed by atoms with Crippen LogP contribution in [0.15, 0.2) is 45.8 Å². The molecule has 0 spiro atoms. The van der Waals surface area contributed by atoms with E-state index in [0.717, 1.165) is 6.26 Å². The number of nitrogens with zero attached hydrogens (tertiary/aromatic N) is 1. The van der Waals surface area contributed by atoms with E-state index in [4.69, 9.17) is 21.1 Å². The number of aliphatic hydroxyl groups excluding tert-OH is 2. The summed E-state index contributed by atoms with van der Waals surface area (Å²) in [4.78, 5) is 13.2. The molecule has 0 amide bonds. The molecule has 1 heterocycles. The number of aromatic hydroxyl groups is 1. The molecule has 1 unspecified atom stereocenters. The molecule has 1 aromatic heterocycles. The van der Waals surface area contributed by atoms with Crippen molar-refractivity contribution >= 4 is 11.6 Å². The van der Waals surface area contributed by atoms with E-state index in [1.807, 2.05) is 0 Å². The Morgan fingerprint density at radius 2 is 1.96 bits per heavy atom. The van der Waals surface area contributed by atoms with Crippen molar-refractivity contribution < 1.29 is 19.7 Å². The molecule has 1 aromatic carbocycles. The topological polar surface area (TPSA) is 94.1 Å². The highest BCUT2D eigenvalue weighted by Gasteiger charge is 2.15. The number of hydrogen-bond donors (Lipinski definition) is 3. The van der Waals surface area contributed by atoms with E-state index in [1.54, 1.807) is 29.2 Å². The Bertz CT molecular complexity index is 686. The van der Waals surface area contributed by atoms with Crippen LogP contribution in [0.25, 0.3) is 0 Å². The lowest BCUT2D eigenvalue weighted by Crippen LogP contribution is -2.31. The van der Waals surface area contributed by atoms with Crippen LogP contribution in [0.2, 0.25) is 5.02 Å². The van der Waals surface area contributed by atoms with Gasteiger partial charge < -0.3 is 19.7 Å².